The molecule has 0 radical (unpaired) electrons. The summed E-state index contributed by atoms with van der Waals surface area (Å²) < 4.78 is 65.1. The second-order valence-electron chi connectivity index (χ2n) is 6.81. The number of halogens is 2. The number of esters is 1. The molecule has 0 aliphatic heterocycles. The van der Waals surface area contributed by atoms with Crippen LogP contribution in [0.5, 0.6) is 11.5 Å². The smallest absolute Gasteiger partial charge is 0.325 e. The molecule has 2 N–H and O–H groups in total. The Kier molecular flexibility index (Phi) is 7.79. The van der Waals surface area contributed by atoms with Crippen molar-refractivity contribution in [1.29, 1.82) is 0 Å². The van der Waals surface area contributed by atoms with Crippen molar-refractivity contribution in [2.24, 2.45) is 0 Å². The molecule has 11 heteroatoms. The lowest BCUT2D eigenvalue weighted by atomic mass is 10.2. The van der Waals surface area contributed by atoms with Crippen LogP contribution in [0, 0.1) is 11.6 Å². The highest BCUT2D eigenvalue weighted by molar-refractivity contribution is 7.92. The summed E-state index contributed by atoms with van der Waals surface area (Å²) >= 11 is 0. The van der Waals surface area contributed by atoms with Crippen LogP contribution in [-0.4, -0.2) is 33.4 Å². The van der Waals surface area contributed by atoms with Crippen LogP contribution in [0.3, 0.4) is 0 Å². The van der Waals surface area contributed by atoms with E-state index in [1.807, 2.05) is 0 Å². The zero-order valence-corrected chi connectivity index (χ0v) is 18.7. The minimum atomic E-state index is -4.19. The number of anilines is 1. The van der Waals surface area contributed by atoms with Gasteiger partial charge in [0, 0.05) is 11.6 Å². The minimum absolute atomic E-state index is 0.00783. The molecule has 0 unspecified atom stereocenters. The van der Waals surface area contributed by atoms with E-state index in [9.17, 15) is 26.8 Å². The zero-order chi connectivity index (χ0) is 24.7. The molecule has 0 bridgehead atoms. The Labute approximate surface area is 194 Å². The van der Waals surface area contributed by atoms with Crippen LogP contribution in [0.2, 0.25) is 0 Å². The predicted octanol–water partition coefficient (Wildman–Crippen LogP) is 3.85. The van der Waals surface area contributed by atoms with E-state index in [0.717, 1.165) is 24.3 Å². The quantitative estimate of drug-likeness (QED) is 0.441. The van der Waals surface area contributed by atoms with Crippen molar-refractivity contribution in [2.45, 2.75) is 11.8 Å². The Hall–Kier alpha value is -3.99. The fourth-order valence-corrected chi connectivity index (χ4v) is 3.82. The molecule has 3 aromatic carbocycles. The largest absolute Gasteiger partial charge is 0.465 e. The third-order valence-corrected chi connectivity index (χ3v) is 5.73. The third-order valence-electron chi connectivity index (χ3n) is 4.35. The highest BCUT2D eigenvalue weighted by Gasteiger charge is 2.19. The van der Waals surface area contributed by atoms with Crippen molar-refractivity contribution in [3.05, 3.63) is 83.9 Å². The van der Waals surface area contributed by atoms with E-state index >= 15 is 0 Å². The molecule has 0 saturated carbocycles. The number of amides is 1. The van der Waals surface area contributed by atoms with Gasteiger partial charge in [-0.1, -0.05) is 0 Å². The van der Waals surface area contributed by atoms with Crippen molar-refractivity contribution >= 4 is 27.6 Å². The van der Waals surface area contributed by atoms with Crippen LogP contribution in [0.15, 0.2) is 71.6 Å². The molecule has 3 aromatic rings. The first-order valence-electron chi connectivity index (χ1n) is 9.97. The third kappa shape index (κ3) is 6.51. The monoisotopic (exact) mass is 490 g/mol. The Balaban J connectivity index is 1.75. The Morgan fingerprint density at radius 1 is 0.912 bits per heavy atom. The molecule has 0 aliphatic carbocycles. The van der Waals surface area contributed by atoms with Crippen LogP contribution in [0.1, 0.15) is 17.3 Å². The van der Waals surface area contributed by atoms with Crippen molar-refractivity contribution in [3.8, 4) is 11.5 Å². The topological polar surface area (TPSA) is 111 Å². The van der Waals surface area contributed by atoms with Gasteiger partial charge in [-0.25, -0.2) is 17.2 Å². The summed E-state index contributed by atoms with van der Waals surface area (Å²) in [6, 6.07) is 13.1. The number of benzene rings is 3. The first-order chi connectivity index (χ1) is 16.2. The number of sulfonamides is 1. The van der Waals surface area contributed by atoms with Gasteiger partial charge in [0.15, 0.2) is 5.75 Å². The van der Waals surface area contributed by atoms with Crippen molar-refractivity contribution in [1.82, 2.24) is 5.32 Å². The maximum Gasteiger partial charge on any atom is 0.325 e. The van der Waals surface area contributed by atoms with Gasteiger partial charge in [0.2, 0.25) is 0 Å². The number of hydrogen-bond donors (Lipinski definition) is 2. The molecule has 0 heterocycles. The number of ether oxygens (including phenoxy) is 2. The van der Waals surface area contributed by atoms with Crippen LogP contribution in [0.25, 0.3) is 0 Å². The molecule has 1 amide bonds. The van der Waals surface area contributed by atoms with Crippen LogP contribution < -0.4 is 14.8 Å². The van der Waals surface area contributed by atoms with Crippen LogP contribution in [0.4, 0.5) is 14.5 Å². The average Bonchev–Trinajstić information content (AvgIpc) is 2.81. The molecule has 0 fully saturated rings. The first kappa shape index (κ1) is 24.6. The first-order valence-corrected chi connectivity index (χ1v) is 11.5. The van der Waals surface area contributed by atoms with E-state index in [1.165, 1.54) is 42.5 Å². The van der Waals surface area contributed by atoms with Crippen molar-refractivity contribution in [2.75, 3.05) is 17.9 Å². The molecule has 178 valence electrons. The summed E-state index contributed by atoms with van der Waals surface area (Å²) in [5.74, 6) is -2.18. The second-order valence-corrected chi connectivity index (χ2v) is 8.50. The van der Waals surface area contributed by atoms with Gasteiger partial charge in [0.05, 0.1) is 17.2 Å². The van der Waals surface area contributed by atoms with Gasteiger partial charge in [-0.15, -0.1) is 0 Å². The van der Waals surface area contributed by atoms with Crippen LogP contribution >= 0.6 is 0 Å². The predicted molar refractivity (Wildman–Crippen MR) is 119 cm³/mol. The number of carbonyl (C=O) groups is 2. The van der Waals surface area contributed by atoms with Gasteiger partial charge in [-0.05, 0) is 67.6 Å². The number of carbonyl (C=O) groups excluding carboxylic acids is 2. The van der Waals surface area contributed by atoms with Crippen LogP contribution in [-0.2, 0) is 19.6 Å². The van der Waals surface area contributed by atoms with Gasteiger partial charge < -0.3 is 14.8 Å². The van der Waals surface area contributed by atoms with Gasteiger partial charge in [-0.2, -0.15) is 0 Å². The Bertz CT molecular complexity index is 1280. The van der Waals surface area contributed by atoms with Crippen molar-refractivity contribution in [3.63, 3.8) is 0 Å². The fraction of sp³-hybridized carbons (Fsp3) is 0.130. The SMILES string of the molecule is CCOC(=O)CNC(=O)c1ccc(S(=O)(=O)Nc2cc(F)ccc2Oc2ccc(F)cc2)cc1. The maximum absolute atomic E-state index is 13.8. The van der Waals surface area contributed by atoms with Gasteiger partial charge in [0.1, 0.15) is 23.9 Å². The second kappa shape index (κ2) is 10.8. The molecule has 34 heavy (non-hydrogen) atoms. The lowest BCUT2D eigenvalue weighted by molar-refractivity contribution is -0.141. The summed E-state index contributed by atoms with van der Waals surface area (Å²) in [6.07, 6.45) is 0. The zero-order valence-electron chi connectivity index (χ0n) is 17.9. The molecule has 3 rings (SSSR count). The lowest BCUT2D eigenvalue weighted by Gasteiger charge is -2.14. The number of nitrogens with one attached hydrogen (secondary N) is 2. The van der Waals surface area contributed by atoms with E-state index in [4.69, 9.17) is 9.47 Å². The molecule has 0 aromatic heterocycles. The highest BCUT2D eigenvalue weighted by atomic mass is 32.2. The van der Waals surface area contributed by atoms with Gasteiger partial charge >= 0.3 is 5.97 Å². The molecule has 8 nitrogen and oxygen atoms in total. The lowest BCUT2D eigenvalue weighted by Crippen LogP contribution is -2.30. The standard InChI is InChI=1S/C23H20F2N2O6S/c1-2-32-22(28)14-26-23(29)15-3-10-19(11-4-15)34(30,31)27-20-13-17(25)7-12-21(20)33-18-8-5-16(24)6-9-18/h3-13,27H,2,14H2,1H3,(H,26,29). The summed E-state index contributed by atoms with van der Waals surface area (Å²) in [6.45, 7) is 1.48. The van der Waals surface area contributed by atoms with E-state index in [1.54, 1.807) is 6.92 Å². The van der Waals surface area contributed by atoms with E-state index in [-0.39, 0.29) is 40.8 Å². The summed E-state index contributed by atoms with van der Waals surface area (Å²) in [7, 11) is -4.19. The summed E-state index contributed by atoms with van der Waals surface area (Å²) in [4.78, 5) is 23.3. The fourth-order valence-electron chi connectivity index (χ4n) is 2.76. The number of hydrogen-bond acceptors (Lipinski definition) is 6. The Morgan fingerprint density at radius 2 is 1.56 bits per heavy atom. The molecule has 0 saturated heterocycles. The molecular formula is C23H20F2N2O6S. The molecule has 0 atom stereocenters. The van der Waals surface area contributed by atoms with Gasteiger partial charge in [-0.3, -0.25) is 14.3 Å². The number of rotatable bonds is 9. The van der Waals surface area contributed by atoms with Gasteiger partial charge in [0.25, 0.3) is 15.9 Å². The van der Waals surface area contributed by atoms with Crippen molar-refractivity contribution < 1.29 is 36.3 Å². The molecular weight excluding hydrogens is 470 g/mol. The minimum Gasteiger partial charge on any atom is -0.465 e. The summed E-state index contributed by atoms with van der Waals surface area (Å²) in [5.41, 5.74) is -0.0603. The Morgan fingerprint density at radius 3 is 2.21 bits per heavy atom. The normalized spacial score (nSPS) is 10.9. The average molecular weight is 490 g/mol. The van der Waals surface area contributed by atoms with E-state index in [2.05, 4.69) is 10.0 Å². The maximum atomic E-state index is 13.8. The van der Waals surface area contributed by atoms with E-state index < -0.39 is 33.5 Å². The van der Waals surface area contributed by atoms with E-state index in [0.29, 0.717) is 0 Å². The molecule has 0 aliphatic rings. The highest BCUT2D eigenvalue weighted by Crippen LogP contribution is 2.32. The molecule has 0 spiro atoms. The summed E-state index contributed by atoms with van der Waals surface area (Å²) in [5, 5.41) is 2.36.